The Morgan fingerprint density at radius 3 is 2.81 bits per heavy atom. The first-order chi connectivity index (χ1) is 15.0. The lowest BCUT2D eigenvalue weighted by Gasteiger charge is -2.14. The van der Waals surface area contributed by atoms with Crippen molar-refractivity contribution in [3.63, 3.8) is 0 Å². The first-order valence-corrected chi connectivity index (χ1v) is 9.69. The number of nitrogens with one attached hydrogen (secondary N) is 1. The third-order valence-electron chi connectivity index (χ3n) is 4.11. The standard InChI is InChI=1S/C21H16BrN5O4/c1-30-19-9-14(11-25-26-20-7-6-17(12-24-20)27(28)29)8-18(22)21(19)31-13-16-5-3-2-4-15(16)10-23/h2-9,11-12H,13H2,1H3,(H,24,26)/b25-11+. The minimum Gasteiger partial charge on any atom is -0.493 e. The number of methoxy groups -OCH3 is 1. The topological polar surface area (TPSA) is 123 Å². The summed E-state index contributed by atoms with van der Waals surface area (Å²) < 4.78 is 12.0. The molecule has 0 bridgehead atoms. The zero-order chi connectivity index (χ0) is 22.2. The molecule has 0 fully saturated rings. The molecule has 0 unspecified atom stereocenters. The van der Waals surface area contributed by atoms with E-state index in [2.05, 4.69) is 37.5 Å². The lowest BCUT2D eigenvalue weighted by molar-refractivity contribution is -0.385. The molecule has 1 heterocycles. The molecule has 3 rings (SSSR count). The Hall–Kier alpha value is -3.97. The number of halogens is 1. The number of ether oxygens (including phenoxy) is 2. The number of anilines is 1. The molecule has 0 aliphatic heterocycles. The van der Waals surface area contributed by atoms with E-state index in [0.29, 0.717) is 32.9 Å². The third kappa shape index (κ3) is 5.55. The summed E-state index contributed by atoms with van der Waals surface area (Å²) in [5.74, 6) is 1.35. The van der Waals surface area contributed by atoms with Crippen molar-refractivity contribution in [1.29, 1.82) is 5.26 Å². The maximum absolute atomic E-state index is 10.7. The SMILES string of the molecule is COc1cc(/C=N/Nc2ccc([N+](=O)[O-])cn2)cc(Br)c1OCc1ccccc1C#N. The second kappa shape index (κ2) is 10.2. The van der Waals surface area contributed by atoms with Crippen LogP contribution in [-0.4, -0.2) is 23.2 Å². The van der Waals surface area contributed by atoms with Crippen molar-refractivity contribution >= 4 is 33.6 Å². The molecule has 10 heteroatoms. The van der Waals surface area contributed by atoms with Crippen molar-refractivity contribution in [2.24, 2.45) is 5.10 Å². The fourth-order valence-electron chi connectivity index (χ4n) is 2.59. The summed E-state index contributed by atoms with van der Waals surface area (Å²) >= 11 is 3.48. The van der Waals surface area contributed by atoms with E-state index in [-0.39, 0.29) is 12.3 Å². The lowest BCUT2D eigenvalue weighted by atomic mass is 10.1. The molecule has 31 heavy (non-hydrogen) atoms. The van der Waals surface area contributed by atoms with E-state index in [0.717, 1.165) is 11.8 Å². The molecule has 0 radical (unpaired) electrons. The maximum Gasteiger partial charge on any atom is 0.287 e. The van der Waals surface area contributed by atoms with Crippen molar-refractivity contribution in [3.05, 3.63) is 86.0 Å². The normalized spacial score (nSPS) is 10.5. The second-order valence-electron chi connectivity index (χ2n) is 6.12. The Labute approximate surface area is 186 Å². The largest absolute Gasteiger partial charge is 0.493 e. The molecule has 0 aliphatic rings. The molecule has 0 atom stereocenters. The third-order valence-corrected chi connectivity index (χ3v) is 4.70. The average Bonchev–Trinajstić information content (AvgIpc) is 2.78. The Bertz CT molecular complexity index is 1160. The van der Waals surface area contributed by atoms with Crippen molar-refractivity contribution < 1.29 is 14.4 Å². The number of benzene rings is 2. The average molecular weight is 482 g/mol. The van der Waals surface area contributed by atoms with Gasteiger partial charge in [0.1, 0.15) is 18.6 Å². The van der Waals surface area contributed by atoms with Crippen LogP contribution in [0.2, 0.25) is 0 Å². The maximum atomic E-state index is 10.7. The van der Waals surface area contributed by atoms with Crippen LogP contribution in [0.15, 0.2) is 64.3 Å². The smallest absolute Gasteiger partial charge is 0.287 e. The number of hydrogen-bond acceptors (Lipinski definition) is 8. The van der Waals surface area contributed by atoms with Gasteiger partial charge in [-0.3, -0.25) is 15.5 Å². The van der Waals surface area contributed by atoms with E-state index in [1.165, 1.54) is 19.2 Å². The van der Waals surface area contributed by atoms with Gasteiger partial charge in [0.15, 0.2) is 11.5 Å². The lowest BCUT2D eigenvalue weighted by Crippen LogP contribution is -2.01. The van der Waals surface area contributed by atoms with Gasteiger partial charge in [-0.15, -0.1) is 0 Å². The van der Waals surface area contributed by atoms with Crippen LogP contribution in [0.4, 0.5) is 11.5 Å². The number of hydrazone groups is 1. The number of aromatic nitrogens is 1. The Morgan fingerprint density at radius 2 is 2.13 bits per heavy atom. The molecule has 3 aromatic rings. The zero-order valence-electron chi connectivity index (χ0n) is 16.3. The van der Waals surface area contributed by atoms with Crippen molar-refractivity contribution in [2.75, 3.05) is 12.5 Å². The van der Waals surface area contributed by atoms with E-state index >= 15 is 0 Å². The van der Waals surface area contributed by atoms with Crippen LogP contribution >= 0.6 is 15.9 Å². The predicted molar refractivity (Wildman–Crippen MR) is 118 cm³/mol. The summed E-state index contributed by atoms with van der Waals surface area (Å²) in [6, 6.07) is 15.7. The van der Waals surface area contributed by atoms with Crippen LogP contribution in [0, 0.1) is 21.4 Å². The Kier molecular flexibility index (Phi) is 7.13. The van der Waals surface area contributed by atoms with E-state index in [4.69, 9.17) is 9.47 Å². The van der Waals surface area contributed by atoms with Gasteiger partial charge in [-0.25, -0.2) is 4.98 Å². The molecule has 0 amide bonds. The summed E-state index contributed by atoms with van der Waals surface area (Å²) in [4.78, 5) is 14.1. The van der Waals surface area contributed by atoms with Gasteiger partial charge >= 0.3 is 0 Å². The zero-order valence-corrected chi connectivity index (χ0v) is 17.9. The second-order valence-corrected chi connectivity index (χ2v) is 6.97. The quantitative estimate of drug-likeness (QED) is 0.282. The fourth-order valence-corrected chi connectivity index (χ4v) is 3.17. The van der Waals surface area contributed by atoms with Crippen LogP contribution in [-0.2, 0) is 6.61 Å². The predicted octanol–water partition coefficient (Wildman–Crippen LogP) is 4.66. The highest BCUT2D eigenvalue weighted by atomic mass is 79.9. The fraction of sp³-hybridized carbons (Fsp3) is 0.0952. The van der Waals surface area contributed by atoms with Gasteiger partial charge in [-0.05, 0) is 45.8 Å². The molecule has 1 N–H and O–H groups in total. The van der Waals surface area contributed by atoms with E-state index in [1.807, 2.05) is 12.1 Å². The monoisotopic (exact) mass is 481 g/mol. The Morgan fingerprint density at radius 1 is 1.32 bits per heavy atom. The number of rotatable bonds is 8. The van der Waals surface area contributed by atoms with Gasteiger partial charge in [0.25, 0.3) is 5.69 Å². The molecule has 0 saturated heterocycles. The number of nitriles is 1. The van der Waals surface area contributed by atoms with Gasteiger partial charge in [0.05, 0.1) is 34.4 Å². The highest BCUT2D eigenvalue weighted by Crippen LogP contribution is 2.37. The number of nitro groups is 1. The van der Waals surface area contributed by atoms with Crippen molar-refractivity contribution in [1.82, 2.24) is 4.98 Å². The number of nitrogens with zero attached hydrogens (tertiary/aromatic N) is 4. The van der Waals surface area contributed by atoms with E-state index < -0.39 is 4.92 Å². The minimum atomic E-state index is -0.521. The highest BCUT2D eigenvalue weighted by Gasteiger charge is 2.12. The van der Waals surface area contributed by atoms with Gasteiger partial charge in [-0.1, -0.05) is 18.2 Å². The molecule has 0 spiro atoms. The number of pyridine rings is 1. The molecule has 156 valence electrons. The molecular weight excluding hydrogens is 466 g/mol. The summed E-state index contributed by atoms with van der Waals surface area (Å²) in [5.41, 5.74) is 4.63. The molecule has 2 aromatic carbocycles. The van der Waals surface area contributed by atoms with Crippen LogP contribution in [0.3, 0.4) is 0 Å². The van der Waals surface area contributed by atoms with Crippen LogP contribution in [0.5, 0.6) is 11.5 Å². The first kappa shape index (κ1) is 21.7. The summed E-state index contributed by atoms with van der Waals surface area (Å²) in [5, 5.41) is 24.0. The minimum absolute atomic E-state index is 0.101. The summed E-state index contributed by atoms with van der Waals surface area (Å²) in [6.45, 7) is 0.208. The summed E-state index contributed by atoms with van der Waals surface area (Å²) in [7, 11) is 1.53. The Balaban J connectivity index is 1.72. The van der Waals surface area contributed by atoms with Crippen LogP contribution < -0.4 is 14.9 Å². The van der Waals surface area contributed by atoms with E-state index in [1.54, 1.807) is 30.5 Å². The van der Waals surface area contributed by atoms with Gasteiger partial charge in [0, 0.05) is 11.6 Å². The van der Waals surface area contributed by atoms with E-state index in [9.17, 15) is 15.4 Å². The molecule has 0 saturated carbocycles. The van der Waals surface area contributed by atoms with Crippen molar-refractivity contribution in [3.8, 4) is 17.6 Å². The van der Waals surface area contributed by atoms with Crippen LogP contribution in [0.25, 0.3) is 0 Å². The van der Waals surface area contributed by atoms with Gasteiger partial charge < -0.3 is 9.47 Å². The summed E-state index contributed by atoms with van der Waals surface area (Å²) in [6.07, 6.45) is 2.69. The molecule has 9 nitrogen and oxygen atoms in total. The van der Waals surface area contributed by atoms with Gasteiger partial charge in [0.2, 0.25) is 0 Å². The highest BCUT2D eigenvalue weighted by molar-refractivity contribution is 9.10. The van der Waals surface area contributed by atoms with Crippen LogP contribution in [0.1, 0.15) is 16.7 Å². The first-order valence-electron chi connectivity index (χ1n) is 8.89. The molecule has 0 aliphatic carbocycles. The van der Waals surface area contributed by atoms with Gasteiger partial charge in [-0.2, -0.15) is 10.4 Å². The number of hydrogen-bond donors (Lipinski definition) is 1. The van der Waals surface area contributed by atoms with Crippen molar-refractivity contribution in [2.45, 2.75) is 6.61 Å². The molecule has 1 aromatic heterocycles. The molecular formula is C21H16BrN5O4.